The van der Waals surface area contributed by atoms with E-state index >= 15 is 0 Å². The summed E-state index contributed by atoms with van der Waals surface area (Å²) in [6.07, 6.45) is 0. The zero-order valence-corrected chi connectivity index (χ0v) is 11.3. The van der Waals surface area contributed by atoms with Crippen LogP contribution in [0.4, 0.5) is 17.2 Å². The van der Waals surface area contributed by atoms with Crippen LogP contribution in [0.3, 0.4) is 0 Å². The largest absolute Gasteiger partial charge is 0.397 e. The maximum absolute atomic E-state index is 5.77. The number of nitrogens with zero attached hydrogens (tertiary/aromatic N) is 1. The molecule has 1 aromatic carbocycles. The monoisotopic (exact) mass is 241 g/mol. The number of hydrogen-bond acceptors (Lipinski definition) is 3. The van der Waals surface area contributed by atoms with Gasteiger partial charge in [0.1, 0.15) is 5.82 Å². The van der Waals surface area contributed by atoms with Crippen molar-refractivity contribution in [3.05, 3.63) is 46.6 Å². The molecule has 2 rings (SSSR count). The highest BCUT2D eigenvalue weighted by Gasteiger charge is 2.05. The van der Waals surface area contributed by atoms with E-state index in [1.165, 1.54) is 16.7 Å². The van der Waals surface area contributed by atoms with Gasteiger partial charge in [0.05, 0.1) is 11.4 Å². The molecule has 0 spiro atoms. The van der Waals surface area contributed by atoms with Gasteiger partial charge in [0.25, 0.3) is 0 Å². The van der Waals surface area contributed by atoms with Gasteiger partial charge in [-0.3, -0.25) is 0 Å². The number of aromatic nitrogens is 1. The first kappa shape index (κ1) is 12.4. The summed E-state index contributed by atoms with van der Waals surface area (Å²) in [5.74, 6) is 0.827. The van der Waals surface area contributed by atoms with Gasteiger partial charge < -0.3 is 11.1 Å². The van der Waals surface area contributed by atoms with E-state index in [0.717, 1.165) is 22.9 Å². The van der Waals surface area contributed by atoms with Crippen molar-refractivity contribution in [3.63, 3.8) is 0 Å². The zero-order valence-electron chi connectivity index (χ0n) is 11.3. The molecule has 0 unspecified atom stereocenters. The molecule has 18 heavy (non-hydrogen) atoms. The van der Waals surface area contributed by atoms with Crippen LogP contribution in [0.5, 0.6) is 0 Å². The van der Waals surface area contributed by atoms with Crippen LogP contribution in [0.2, 0.25) is 0 Å². The minimum Gasteiger partial charge on any atom is -0.397 e. The van der Waals surface area contributed by atoms with E-state index in [4.69, 9.17) is 5.73 Å². The maximum Gasteiger partial charge on any atom is 0.130 e. The summed E-state index contributed by atoms with van der Waals surface area (Å²) in [5, 5.41) is 3.34. The van der Waals surface area contributed by atoms with Gasteiger partial charge in [0, 0.05) is 5.69 Å². The molecule has 0 amide bonds. The minimum atomic E-state index is 0.720. The number of anilines is 3. The number of pyridine rings is 1. The van der Waals surface area contributed by atoms with E-state index in [0.29, 0.717) is 0 Å². The van der Waals surface area contributed by atoms with E-state index in [2.05, 4.69) is 43.2 Å². The summed E-state index contributed by atoms with van der Waals surface area (Å²) in [6, 6.07) is 7.98. The fourth-order valence-electron chi connectivity index (χ4n) is 1.87. The molecule has 0 aliphatic heterocycles. The molecule has 0 aliphatic carbocycles. The van der Waals surface area contributed by atoms with E-state index in [9.17, 15) is 0 Å². The van der Waals surface area contributed by atoms with Gasteiger partial charge in [0.15, 0.2) is 0 Å². The Kier molecular flexibility index (Phi) is 3.24. The number of nitrogens with one attached hydrogen (secondary N) is 1. The predicted molar refractivity (Wildman–Crippen MR) is 77.3 cm³/mol. The second-order valence-corrected chi connectivity index (χ2v) is 4.68. The number of hydrogen-bond donors (Lipinski definition) is 2. The number of nitrogen functional groups attached to an aromatic ring is 1. The summed E-state index contributed by atoms with van der Waals surface area (Å²) >= 11 is 0. The summed E-state index contributed by atoms with van der Waals surface area (Å²) in [4.78, 5) is 4.43. The second kappa shape index (κ2) is 4.69. The van der Waals surface area contributed by atoms with Crippen LogP contribution < -0.4 is 11.1 Å². The Morgan fingerprint density at radius 2 is 1.67 bits per heavy atom. The Morgan fingerprint density at radius 1 is 0.944 bits per heavy atom. The highest BCUT2D eigenvalue weighted by molar-refractivity contribution is 5.64. The zero-order chi connectivity index (χ0) is 13.3. The number of benzene rings is 1. The van der Waals surface area contributed by atoms with Crippen LogP contribution in [-0.4, -0.2) is 4.98 Å². The van der Waals surface area contributed by atoms with Crippen molar-refractivity contribution in [1.82, 2.24) is 4.98 Å². The molecule has 0 saturated heterocycles. The third-order valence-corrected chi connectivity index (χ3v) is 3.45. The highest BCUT2D eigenvalue weighted by Crippen LogP contribution is 2.25. The van der Waals surface area contributed by atoms with E-state index in [1.54, 1.807) is 0 Å². The summed E-state index contributed by atoms with van der Waals surface area (Å²) < 4.78 is 0. The highest BCUT2D eigenvalue weighted by atomic mass is 15.0. The van der Waals surface area contributed by atoms with E-state index in [-0.39, 0.29) is 0 Å². The smallest absolute Gasteiger partial charge is 0.130 e. The van der Waals surface area contributed by atoms with E-state index < -0.39 is 0 Å². The number of nitrogens with two attached hydrogens (primary N) is 1. The number of aryl methyl sites for hydroxylation is 2. The standard InChI is InChI=1S/C15H19N3/c1-9-5-7-14(11(3)10(9)2)18-15-8-6-13(16)12(4)17-15/h5-8H,16H2,1-4H3,(H,17,18). The van der Waals surface area contributed by atoms with Gasteiger partial charge in [-0.15, -0.1) is 0 Å². The van der Waals surface area contributed by atoms with Crippen LogP contribution in [0, 0.1) is 27.7 Å². The lowest BCUT2D eigenvalue weighted by Gasteiger charge is -2.13. The molecule has 94 valence electrons. The Labute approximate surface area is 108 Å². The summed E-state index contributed by atoms with van der Waals surface area (Å²) in [7, 11) is 0. The number of rotatable bonds is 2. The normalized spacial score (nSPS) is 10.4. The van der Waals surface area contributed by atoms with Crippen molar-refractivity contribution < 1.29 is 0 Å². The van der Waals surface area contributed by atoms with Gasteiger partial charge in [-0.1, -0.05) is 6.07 Å². The average molecular weight is 241 g/mol. The first-order valence-electron chi connectivity index (χ1n) is 6.06. The van der Waals surface area contributed by atoms with Crippen molar-refractivity contribution >= 4 is 17.2 Å². The van der Waals surface area contributed by atoms with Gasteiger partial charge in [0.2, 0.25) is 0 Å². The molecule has 1 aromatic heterocycles. The first-order valence-corrected chi connectivity index (χ1v) is 6.06. The first-order chi connectivity index (χ1) is 8.49. The molecule has 0 fully saturated rings. The van der Waals surface area contributed by atoms with Crippen LogP contribution >= 0.6 is 0 Å². The van der Waals surface area contributed by atoms with Crippen molar-refractivity contribution in [2.45, 2.75) is 27.7 Å². The third-order valence-electron chi connectivity index (χ3n) is 3.45. The van der Waals surface area contributed by atoms with Crippen LogP contribution in [-0.2, 0) is 0 Å². The lowest BCUT2D eigenvalue weighted by atomic mass is 10.0. The van der Waals surface area contributed by atoms with Crippen molar-refractivity contribution in [3.8, 4) is 0 Å². The fraction of sp³-hybridized carbons (Fsp3) is 0.267. The molecule has 1 heterocycles. The molecule has 0 radical (unpaired) electrons. The minimum absolute atomic E-state index is 0.720. The Balaban J connectivity index is 2.34. The predicted octanol–water partition coefficient (Wildman–Crippen LogP) is 3.64. The Hall–Kier alpha value is -2.03. The van der Waals surface area contributed by atoms with Crippen LogP contribution in [0.25, 0.3) is 0 Å². The van der Waals surface area contributed by atoms with Crippen molar-refractivity contribution in [1.29, 1.82) is 0 Å². The molecule has 3 N–H and O–H groups in total. The molecule has 0 atom stereocenters. The van der Waals surface area contributed by atoms with Crippen molar-refractivity contribution in [2.24, 2.45) is 0 Å². The molecular weight excluding hydrogens is 222 g/mol. The van der Waals surface area contributed by atoms with Crippen LogP contribution in [0.1, 0.15) is 22.4 Å². The third kappa shape index (κ3) is 2.30. The molecular formula is C15H19N3. The molecule has 0 saturated carbocycles. The van der Waals surface area contributed by atoms with Crippen molar-refractivity contribution in [2.75, 3.05) is 11.1 Å². The average Bonchev–Trinajstić information content (AvgIpc) is 2.34. The van der Waals surface area contributed by atoms with Gasteiger partial charge in [-0.05, 0) is 62.6 Å². The summed E-state index contributed by atoms with van der Waals surface area (Å²) in [6.45, 7) is 8.29. The molecule has 0 bridgehead atoms. The van der Waals surface area contributed by atoms with Gasteiger partial charge in [-0.2, -0.15) is 0 Å². The van der Waals surface area contributed by atoms with Gasteiger partial charge >= 0.3 is 0 Å². The maximum atomic E-state index is 5.77. The SMILES string of the molecule is Cc1ccc(Nc2ccc(N)c(C)n2)c(C)c1C. The molecule has 0 aliphatic rings. The summed E-state index contributed by atoms with van der Waals surface area (Å²) in [5.41, 5.74) is 12.3. The lowest BCUT2D eigenvalue weighted by Crippen LogP contribution is -2.00. The Bertz CT molecular complexity index is 589. The lowest BCUT2D eigenvalue weighted by molar-refractivity contribution is 1.19. The Morgan fingerprint density at radius 3 is 2.33 bits per heavy atom. The van der Waals surface area contributed by atoms with Crippen LogP contribution in [0.15, 0.2) is 24.3 Å². The quantitative estimate of drug-likeness (QED) is 0.844. The van der Waals surface area contributed by atoms with Gasteiger partial charge in [-0.25, -0.2) is 4.98 Å². The molecule has 3 nitrogen and oxygen atoms in total. The van der Waals surface area contributed by atoms with E-state index in [1.807, 2.05) is 19.1 Å². The topological polar surface area (TPSA) is 50.9 Å². The molecule has 2 aromatic rings. The second-order valence-electron chi connectivity index (χ2n) is 4.68. The molecule has 3 heteroatoms. The fourth-order valence-corrected chi connectivity index (χ4v) is 1.87.